The highest BCUT2D eigenvalue weighted by Crippen LogP contribution is 2.22. The molecule has 4 nitrogen and oxygen atoms in total. The standard InChI is InChI=1S/C17H12N2O2/c20-16-14-10-4-5-11-15(14)17(21)19(16)18-12-6-9-13-7-2-1-3-8-13/h1-12H. The topological polar surface area (TPSA) is 49.7 Å². The zero-order valence-electron chi connectivity index (χ0n) is 11.1. The van der Waals surface area contributed by atoms with Crippen LogP contribution in [0.5, 0.6) is 0 Å². The number of hydrogen-bond donors (Lipinski definition) is 0. The SMILES string of the molecule is O=C1c2ccccc2C(=O)N1N=CC=Cc1ccccc1. The summed E-state index contributed by atoms with van der Waals surface area (Å²) >= 11 is 0. The first-order valence-corrected chi connectivity index (χ1v) is 6.51. The number of allylic oxidation sites excluding steroid dienone is 1. The zero-order chi connectivity index (χ0) is 14.7. The van der Waals surface area contributed by atoms with Crippen molar-refractivity contribution in [2.24, 2.45) is 5.10 Å². The quantitative estimate of drug-likeness (QED) is 0.639. The summed E-state index contributed by atoms with van der Waals surface area (Å²) in [5.41, 5.74) is 1.81. The van der Waals surface area contributed by atoms with Crippen LogP contribution in [-0.4, -0.2) is 23.0 Å². The van der Waals surface area contributed by atoms with Crippen molar-refractivity contribution >= 4 is 24.1 Å². The highest BCUT2D eigenvalue weighted by atomic mass is 16.2. The van der Waals surface area contributed by atoms with Crippen LogP contribution >= 0.6 is 0 Å². The summed E-state index contributed by atoms with van der Waals surface area (Å²) in [7, 11) is 0. The molecule has 0 spiro atoms. The Hall–Kier alpha value is -3.01. The number of nitrogens with zero attached hydrogens (tertiary/aromatic N) is 2. The Morgan fingerprint density at radius 3 is 2.00 bits per heavy atom. The summed E-state index contributed by atoms with van der Waals surface area (Å²) in [5.74, 6) is -0.778. The Labute approximate surface area is 122 Å². The highest BCUT2D eigenvalue weighted by molar-refractivity contribution is 6.21. The molecular formula is C17H12N2O2. The molecule has 0 N–H and O–H groups in total. The number of carbonyl (C=O) groups is 2. The van der Waals surface area contributed by atoms with E-state index in [9.17, 15) is 9.59 Å². The van der Waals surface area contributed by atoms with Crippen molar-refractivity contribution in [3.8, 4) is 0 Å². The van der Waals surface area contributed by atoms with Gasteiger partial charge in [-0.2, -0.15) is 10.1 Å². The molecule has 1 aliphatic heterocycles. The molecule has 21 heavy (non-hydrogen) atoms. The van der Waals surface area contributed by atoms with Gasteiger partial charge in [0.25, 0.3) is 11.8 Å². The second kappa shape index (κ2) is 5.54. The lowest BCUT2D eigenvalue weighted by Crippen LogP contribution is -2.23. The van der Waals surface area contributed by atoms with Crippen LogP contribution in [0.25, 0.3) is 6.08 Å². The number of amides is 2. The van der Waals surface area contributed by atoms with Gasteiger partial charge in [-0.05, 0) is 23.8 Å². The Morgan fingerprint density at radius 1 is 0.810 bits per heavy atom. The van der Waals surface area contributed by atoms with Crippen LogP contribution in [-0.2, 0) is 0 Å². The van der Waals surface area contributed by atoms with Gasteiger partial charge < -0.3 is 0 Å². The van der Waals surface area contributed by atoms with Crippen LogP contribution in [0.2, 0.25) is 0 Å². The molecule has 0 saturated carbocycles. The van der Waals surface area contributed by atoms with E-state index in [4.69, 9.17) is 0 Å². The third kappa shape index (κ3) is 2.51. The van der Waals surface area contributed by atoms with Gasteiger partial charge >= 0.3 is 0 Å². The first kappa shape index (κ1) is 13.0. The fourth-order valence-electron chi connectivity index (χ4n) is 2.10. The number of fused-ring (bicyclic) bond motifs is 1. The second-order valence-electron chi connectivity index (χ2n) is 4.50. The van der Waals surface area contributed by atoms with Gasteiger partial charge in [0.1, 0.15) is 0 Å². The van der Waals surface area contributed by atoms with Gasteiger partial charge in [0.2, 0.25) is 0 Å². The average molecular weight is 276 g/mol. The molecule has 0 unspecified atom stereocenters. The van der Waals surface area contributed by atoms with Gasteiger partial charge in [0.15, 0.2) is 0 Å². The highest BCUT2D eigenvalue weighted by Gasteiger charge is 2.34. The number of hydrogen-bond acceptors (Lipinski definition) is 3. The Bertz CT molecular complexity index is 713. The molecule has 0 radical (unpaired) electrons. The molecule has 3 rings (SSSR count). The molecule has 0 fully saturated rings. The fourth-order valence-corrected chi connectivity index (χ4v) is 2.10. The van der Waals surface area contributed by atoms with Gasteiger partial charge in [-0.25, -0.2) is 0 Å². The van der Waals surface area contributed by atoms with Crippen LogP contribution in [0.3, 0.4) is 0 Å². The van der Waals surface area contributed by atoms with E-state index >= 15 is 0 Å². The minimum atomic E-state index is -0.389. The Kier molecular flexibility index (Phi) is 3.43. The smallest absolute Gasteiger partial charge is 0.267 e. The summed E-state index contributed by atoms with van der Waals surface area (Å²) in [6.07, 6.45) is 4.98. The molecule has 1 aliphatic rings. The summed E-state index contributed by atoms with van der Waals surface area (Å²) in [5, 5.41) is 4.83. The van der Waals surface area contributed by atoms with Gasteiger partial charge in [0, 0.05) is 6.21 Å². The van der Waals surface area contributed by atoms with Crippen molar-refractivity contribution in [2.45, 2.75) is 0 Å². The predicted molar refractivity (Wildman–Crippen MR) is 80.9 cm³/mol. The van der Waals surface area contributed by atoms with Gasteiger partial charge in [-0.15, -0.1) is 0 Å². The normalized spacial score (nSPS) is 14.4. The molecule has 2 aromatic rings. The maximum Gasteiger partial charge on any atom is 0.282 e. The van der Waals surface area contributed by atoms with Crippen molar-refractivity contribution in [2.75, 3.05) is 0 Å². The number of hydrazone groups is 1. The largest absolute Gasteiger partial charge is 0.282 e. The fraction of sp³-hybridized carbons (Fsp3) is 0. The number of carbonyl (C=O) groups excluding carboxylic acids is 2. The van der Waals surface area contributed by atoms with Crippen LogP contribution in [0.4, 0.5) is 0 Å². The van der Waals surface area contributed by atoms with Crippen molar-refractivity contribution < 1.29 is 9.59 Å². The first-order chi connectivity index (χ1) is 10.3. The zero-order valence-corrected chi connectivity index (χ0v) is 11.1. The molecule has 0 atom stereocenters. The average Bonchev–Trinajstić information content (AvgIpc) is 2.77. The Balaban J connectivity index is 1.75. The molecule has 0 aromatic heterocycles. The number of benzene rings is 2. The predicted octanol–water partition coefficient (Wildman–Crippen LogP) is 2.98. The van der Waals surface area contributed by atoms with E-state index in [1.165, 1.54) is 6.21 Å². The molecule has 102 valence electrons. The van der Waals surface area contributed by atoms with E-state index in [2.05, 4.69) is 5.10 Å². The van der Waals surface area contributed by atoms with Crippen LogP contribution in [0.1, 0.15) is 26.3 Å². The lowest BCUT2D eigenvalue weighted by Gasteiger charge is -2.04. The van der Waals surface area contributed by atoms with Crippen molar-refractivity contribution in [1.29, 1.82) is 0 Å². The monoisotopic (exact) mass is 276 g/mol. The summed E-state index contributed by atoms with van der Waals surface area (Å²) in [6, 6.07) is 16.4. The van der Waals surface area contributed by atoms with Crippen molar-refractivity contribution in [3.05, 3.63) is 77.4 Å². The summed E-state index contributed by atoms with van der Waals surface area (Å²) < 4.78 is 0. The molecule has 2 amide bonds. The molecule has 0 saturated heterocycles. The maximum atomic E-state index is 12.0. The molecule has 0 bridgehead atoms. The summed E-state index contributed by atoms with van der Waals surface area (Å²) in [4.78, 5) is 24.1. The van der Waals surface area contributed by atoms with Crippen LogP contribution in [0.15, 0.2) is 65.8 Å². The Morgan fingerprint density at radius 2 is 1.38 bits per heavy atom. The molecule has 1 heterocycles. The number of rotatable bonds is 3. The number of imide groups is 1. The van der Waals surface area contributed by atoms with Gasteiger partial charge in [-0.3, -0.25) is 9.59 Å². The minimum Gasteiger partial charge on any atom is -0.267 e. The van der Waals surface area contributed by atoms with Gasteiger partial charge in [-0.1, -0.05) is 48.5 Å². The van der Waals surface area contributed by atoms with Crippen molar-refractivity contribution in [1.82, 2.24) is 5.01 Å². The van der Waals surface area contributed by atoms with E-state index in [0.29, 0.717) is 11.1 Å². The summed E-state index contributed by atoms with van der Waals surface area (Å²) in [6.45, 7) is 0. The van der Waals surface area contributed by atoms with Crippen molar-refractivity contribution in [3.63, 3.8) is 0 Å². The maximum absolute atomic E-state index is 12.0. The molecule has 4 heteroatoms. The second-order valence-corrected chi connectivity index (χ2v) is 4.50. The van der Waals surface area contributed by atoms with Crippen LogP contribution < -0.4 is 0 Å². The third-order valence-electron chi connectivity index (χ3n) is 3.13. The van der Waals surface area contributed by atoms with E-state index in [1.54, 1.807) is 30.3 Å². The molecule has 2 aromatic carbocycles. The van der Waals surface area contributed by atoms with Crippen LogP contribution in [0, 0.1) is 0 Å². The van der Waals surface area contributed by atoms with E-state index in [1.807, 2.05) is 36.4 Å². The minimum absolute atomic E-state index is 0.389. The van der Waals surface area contributed by atoms with Gasteiger partial charge in [0.05, 0.1) is 11.1 Å². The molecule has 0 aliphatic carbocycles. The third-order valence-corrected chi connectivity index (χ3v) is 3.13. The first-order valence-electron chi connectivity index (χ1n) is 6.51. The van der Waals surface area contributed by atoms with E-state index in [-0.39, 0.29) is 11.8 Å². The van der Waals surface area contributed by atoms with E-state index < -0.39 is 0 Å². The van der Waals surface area contributed by atoms with E-state index in [0.717, 1.165) is 10.6 Å². The molecular weight excluding hydrogens is 264 g/mol. The lowest BCUT2D eigenvalue weighted by atomic mass is 10.1. The lowest BCUT2D eigenvalue weighted by molar-refractivity contribution is 0.0660.